The smallest absolute Gasteiger partial charge is 0.435 e. The first-order chi connectivity index (χ1) is 13.4. The predicted molar refractivity (Wildman–Crippen MR) is 106 cm³/mol. The van der Waals surface area contributed by atoms with E-state index in [4.69, 9.17) is 17.0 Å². The van der Waals surface area contributed by atoms with Crippen LogP contribution in [0.5, 0.6) is 5.75 Å². The van der Waals surface area contributed by atoms with Gasteiger partial charge in [0, 0.05) is 30.4 Å². The number of nitrogens with zero attached hydrogens (tertiary/aromatic N) is 2. The van der Waals surface area contributed by atoms with E-state index in [1.807, 2.05) is 31.2 Å². The lowest BCUT2D eigenvalue weighted by Gasteiger charge is -2.12. The average molecular weight is 412 g/mol. The highest BCUT2D eigenvalue weighted by Gasteiger charge is 2.37. The summed E-state index contributed by atoms with van der Waals surface area (Å²) in [7, 11) is 0. The summed E-state index contributed by atoms with van der Waals surface area (Å²) in [5.41, 5.74) is 0.705. The Morgan fingerprint density at radius 3 is 2.61 bits per heavy atom. The number of benzene rings is 1. The molecule has 28 heavy (non-hydrogen) atoms. The lowest BCUT2D eigenvalue weighted by atomic mass is 10.2. The Morgan fingerprint density at radius 2 is 2.00 bits per heavy atom. The number of nitrogens with one attached hydrogen (secondary N) is 2. The monoisotopic (exact) mass is 412 g/mol. The third-order valence-electron chi connectivity index (χ3n) is 4.35. The van der Waals surface area contributed by atoms with Gasteiger partial charge in [0.2, 0.25) is 0 Å². The number of aromatic nitrogens is 2. The Bertz CT molecular complexity index is 801. The molecular formula is C19H23F3N4OS. The summed E-state index contributed by atoms with van der Waals surface area (Å²) in [6.07, 6.45) is -1.94. The zero-order chi connectivity index (χ0) is 20.1. The van der Waals surface area contributed by atoms with Crippen molar-refractivity contribution in [3.8, 4) is 5.75 Å². The largest absolute Gasteiger partial charge is 0.494 e. The molecule has 1 aliphatic rings. The molecule has 0 saturated heterocycles. The van der Waals surface area contributed by atoms with Gasteiger partial charge in [-0.05, 0) is 68.7 Å². The first-order valence-corrected chi connectivity index (χ1v) is 9.70. The molecule has 3 rings (SSSR count). The molecule has 0 spiro atoms. The van der Waals surface area contributed by atoms with E-state index in [9.17, 15) is 13.2 Å². The topological polar surface area (TPSA) is 51.1 Å². The predicted octanol–water partition coefficient (Wildman–Crippen LogP) is 4.55. The molecular weight excluding hydrogens is 389 g/mol. The van der Waals surface area contributed by atoms with Crippen LogP contribution in [-0.4, -0.2) is 28.0 Å². The Morgan fingerprint density at radius 1 is 1.29 bits per heavy atom. The van der Waals surface area contributed by atoms with Gasteiger partial charge in [-0.25, -0.2) is 0 Å². The number of hydrogen-bond acceptors (Lipinski definition) is 3. The van der Waals surface area contributed by atoms with E-state index in [-0.39, 0.29) is 5.92 Å². The fraction of sp³-hybridized carbons (Fsp3) is 0.474. The number of thiocarbonyl (C=S) groups is 1. The highest BCUT2D eigenvalue weighted by atomic mass is 32.1. The molecule has 1 saturated carbocycles. The summed E-state index contributed by atoms with van der Waals surface area (Å²) >= 11 is 5.26. The molecule has 5 nitrogen and oxygen atoms in total. The van der Waals surface area contributed by atoms with Gasteiger partial charge in [0.1, 0.15) is 5.75 Å². The van der Waals surface area contributed by atoms with Crippen LogP contribution >= 0.6 is 12.2 Å². The summed E-state index contributed by atoms with van der Waals surface area (Å²) < 4.78 is 45.6. The first-order valence-electron chi connectivity index (χ1n) is 9.29. The Balaban J connectivity index is 1.45. The van der Waals surface area contributed by atoms with E-state index in [1.54, 1.807) is 0 Å². The molecule has 0 unspecified atom stereocenters. The van der Waals surface area contributed by atoms with E-state index in [0.717, 1.165) is 24.3 Å². The molecule has 0 radical (unpaired) electrons. The number of alkyl halides is 3. The van der Waals surface area contributed by atoms with Crippen LogP contribution < -0.4 is 15.4 Å². The van der Waals surface area contributed by atoms with Crippen LogP contribution in [0, 0.1) is 0 Å². The molecule has 1 aromatic carbocycles. The summed E-state index contributed by atoms with van der Waals surface area (Å²) in [5, 5.41) is 10.4. The van der Waals surface area contributed by atoms with E-state index >= 15 is 0 Å². The van der Waals surface area contributed by atoms with E-state index in [2.05, 4.69) is 15.7 Å². The van der Waals surface area contributed by atoms with E-state index < -0.39 is 11.9 Å². The second kappa shape index (κ2) is 8.81. The number of hydrogen-bond donors (Lipinski definition) is 2. The fourth-order valence-electron chi connectivity index (χ4n) is 2.86. The van der Waals surface area contributed by atoms with Gasteiger partial charge in [0.05, 0.1) is 6.61 Å². The van der Waals surface area contributed by atoms with Crippen LogP contribution in [0.1, 0.15) is 43.5 Å². The number of halogens is 3. The van der Waals surface area contributed by atoms with Crippen molar-refractivity contribution < 1.29 is 17.9 Å². The molecule has 1 heterocycles. The minimum atomic E-state index is -4.41. The number of ether oxygens (including phenoxy) is 1. The summed E-state index contributed by atoms with van der Waals surface area (Å²) in [5.74, 6) is 0.995. The molecule has 0 bridgehead atoms. The molecule has 1 aliphatic carbocycles. The summed E-state index contributed by atoms with van der Waals surface area (Å²) in [4.78, 5) is 0. The molecule has 2 aromatic rings. The Labute approximate surface area is 167 Å². The maximum Gasteiger partial charge on any atom is 0.435 e. The van der Waals surface area contributed by atoms with Crippen LogP contribution in [0.4, 0.5) is 18.9 Å². The van der Waals surface area contributed by atoms with Crippen molar-refractivity contribution in [3.05, 3.63) is 41.7 Å². The maximum absolute atomic E-state index is 12.9. The van der Waals surface area contributed by atoms with Gasteiger partial charge in [-0.15, -0.1) is 0 Å². The Kier molecular flexibility index (Phi) is 6.43. The standard InChI is InChI=1S/C19H23F3N4OS/c1-2-27-15-8-6-14(7-9-15)24-18(28)23-10-3-11-26-16(13-4-5-13)12-17(25-26)19(20,21)22/h6-9,12-13H,2-5,10-11H2,1H3,(H2,23,24,28). The van der Waals surface area contributed by atoms with Crippen molar-refractivity contribution in [1.29, 1.82) is 0 Å². The molecule has 9 heteroatoms. The summed E-state index contributed by atoms with van der Waals surface area (Å²) in [6.45, 7) is 3.48. The average Bonchev–Trinajstić information content (AvgIpc) is 3.39. The molecule has 2 N–H and O–H groups in total. The van der Waals surface area contributed by atoms with Gasteiger partial charge in [-0.1, -0.05) is 0 Å². The van der Waals surface area contributed by atoms with Gasteiger partial charge in [0.15, 0.2) is 10.8 Å². The third kappa shape index (κ3) is 5.60. The van der Waals surface area contributed by atoms with Crippen molar-refractivity contribution in [1.82, 2.24) is 15.1 Å². The first kappa shape index (κ1) is 20.4. The Hall–Kier alpha value is -2.29. The normalized spacial score (nSPS) is 14.0. The van der Waals surface area contributed by atoms with Gasteiger partial charge in [-0.2, -0.15) is 18.3 Å². The molecule has 1 aromatic heterocycles. The van der Waals surface area contributed by atoms with Crippen LogP contribution in [0.15, 0.2) is 30.3 Å². The molecule has 0 atom stereocenters. The van der Waals surface area contributed by atoms with Crippen molar-refractivity contribution >= 4 is 23.0 Å². The zero-order valence-electron chi connectivity index (χ0n) is 15.6. The van der Waals surface area contributed by atoms with Gasteiger partial charge < -0.3 is 15.4 Å². The zero-order valence-corrected chi connectivity index (χ0v) is 16.4. The quantitative estimate of drug-likeness (QED) is 0.492. The van der Waals surface area contributed by atoms with Crippen molar-refractivity contribution in [2.75, 3.05) is 18.5 Å². The SMILES string of the molecule is CCOc1ccc(NC(=S)NCCCn2nc(C(F)(F)F)cc2C2CC2)cc1. The maximum atomic E-state index is 12.9. The van der Waals surface area contributed by atoms with Crippen molar-refractivity contribution in [2.45, 2.75) is 44.8 Å². The fourth-order valence-corrected chi connectivity index (χ4v) is 3.08. The van der Waals surface area contributed by atoms with Crippen LogP contribution in [-0.2, 0) is 12.7 Å². The second-order valence-corrected chi connectivity index (χ2v) is 7.05. The molecule has 0 amide bonds. The number of rotatable bonds is 8. The highest BCUT2D eigenvalue weighted by molar-refractivity contribution is 7.80. The lowest BCUT2D eigenvalue weighted by molar-refractivity contribution is -0.141. The van der Waals surface area contributed by atoms with E-state index in [1.165, 1.54) is 10.7 Å². The van der Waals surface area contributed by atoms with Gasteiger partial charge in [0.25, 0.3) is 0 Å². The van der Waals surface area contributed by atoms with Crippen molar-refractivity contribution in [3.63, 3.8) is 0 Å². The minimum absolute atomic E-state index is 0.207. The second-order valence-electron chi connectivity index (χ2n) is 6.64. The number of aryl methyl sites for hydroxylation is 1. The third-order valence-corrected chi connectivity index (χ3v) is 4.60. The molecule has 0 aliphatic heterocycles. The lowest BCUT2D eigenvalue weighted by Crippen LogP contribution is -2.29. The van der Waals surface area contributed by atoms with E-state index in [0.29, 0.717) is 36.9 Å². The summed E-state index contributed by atoms with van der Waals surface area (Å²) in [6, 6.07) is 8.61. The number of anilines is 1. The van der Waals surface area contributed by atoms with Gasteiger partial charge >= 0.3 is 6.18 Å². The minimum Gasteiger partial charge on any atom is -0.494 e. The van der Waals surface area contributed by atoms with Crippen LogP contribution in [0.2, 0.25) is 0 Å². The van der Waals surface area contributed by atoms with Gasteiger partial charge in [-0.3, -0.25) is 4.68 Å². The highest BCUT2D eigenvalue weighted by Crippen LogP contribution is 2.42. The van der Waals surface area contributed by atoms with Crippen LogP contribution in [0.25, 0.3) is 0 Å². The molecule has 1 fully saturated rings. The molecule has 152 valence electrons. The van der Waals surface area contributed by atoms with Crippen LogP contribution in [0.3, 0.4) is 0 Å². The van der Waals surface area contributed by atoms with Crippen molar-refractivity contribution in [2.24, 2.45) is 0 Å².